The number of ether oxygens (including phenoxy) is 7. The van der Waals surface area contributed by atoms with E-state index in [0.717, 1.165) is 50.1 Å². The molecule has 4 amide bonds. The third-order valence-corrected chi connectivity index (χ3v) is 23.8. The number of nitrogens with two attached hydrogens (primary N) is 1. The van der Waals surface area contributed by atoms with Gasteiger partial charge in [0.25, 0.3) is 0 Å². The fraction of sp³-hybridized carbons (Fsp3) is 0.337. The van der Waals surface area contributed by atoms with Crippen LogP contribution in [0.2, 0.25) is 0 Å². The number of nitrogens with zero attached hydrogens (tertiary/aromatic N) is 14. The average Bonchev–Trinajstić information content (AvgIpc) is 1.56. The lowest BCUT2D eigenvalue weighted by molar-refractivity contribution is -0.117. The molecule has 125 heavy (non-hydrogen) atoms. The molecule has 3 aliphatic carbocycles. The summed E-state index contributed by atoms with van der Waals surface area (Å²) in [6, 6.07) is 58.3. The molecule has 5 aliphatic rings. The van der Waals surface area contributed by atoms with Crippen LogP contribution in [0, 0.1) is 5.92 Å². The average molecular weight is 1700 g/mol. The molecule has 646 valence electrons. The molecule has 1 saturated carbocycles. The molecule has 3 fully saturated rings. The van der Waals surface area contributed by atoms with E-state index in [4.69, 9.17) is 38.9 Å². The molecule has 7 aromatic carbocycles. The molecule has 2 aliphatic heterocycles. The van der Waals surface area contributed by atoms with Crippen molar-refractivity contribution in [2.75, 3.05) is 90.8 Å². The number of benzene rings is 7. The molecule has 2 saturated heterocycles. The van der Waals surface area contributed by atoms with Crippen molar-refractivity contribution in [3.05, 3.63) is 253 Å². The van der Waals surface area contributed by atoms with Gasteiger partial charge in [-0.1, -0.05) is 152 Å². The Balaban J connectivity index is 0.000000162. The molecular formula is C92H97N17O16. The Morgan fingerprint density at radius 3 is 1.31 bits per heavy atom. The summed E-state index contributed by atoms with van der Waals surface area (Å²) in [5.41, 5.74) is 19.4. The molecule has 9 N–H and O–H groups in total. The van der Waals surface area contributed by atoms with Crippen LogP contribution in [0.25, 0.3) is 55.7 Å². The molecule has 0 bridgehead atoms. The first kappa shape index (κ1) is 85.3. The number of anilines is 3. The second-order valence-electron chi connectivity index (χ2n) is 31.4. The Morgan fingerprint density at radius 2 is 0.872 bits per heavy atom. The van der Waals surface area contributed by atoms with Crippen molar-refractivity contribution < 1.29 is 77.9 Å². The summed E-state index contributed by atoms with van der Waals surface area (Å²) in [5, 5.41) is 55.5. The van der Waals surface area contributed by atoms with Crippen LogP contribution in [-0.4, -0.2) is 223 Å². The highest BCUT2D eigenvalue weighted by molar-refractivity contribution is 5.98. The lowest BCUT2D eigenvalue weighted by atomic mass is 9.80. The van der Waals surface area contributed by atoms with Crippen molar-refractivity contribution in [2.24, 2.45) is 5.92 Å². The highest BCUT2D eigenvalue weighted by Gasteiger charge is 2.44. The quantitative estimate of drug-likeness (QED) is 0.0222. The van der Waals surface area contributed by atoms with E-state index in [-0.39, 0.29) is 106 Å². The Hall–Kier alpha value is -13.3. The number of imidazole rings is 3. The van der Waals surface area contributed by atoms with E-state index in [9.17, 15) is 44.7 Å². The van der Waals surface area contributed by atoms with Gasteiger partial charge in [0.15, 0.2) is 45.4 Å². The van der Waals surface area contributed by atoms with Gasteiger partial charge in [-0.25, -0.2) is 54.4 Å². The van der Waals surface area contributed by atoms with Crippen molar-refractivity contribution in [3.63, 3.8) is 0 Å². The number of rotatable bonds is 27. The second-order valence-corrected chi connectivity index (χ2v) is 31.4. The van der Waals surface area contributed by atoms with Gasteiger partial charge in [0.2, 0.25) is 11.8 Å². The number of nitrogens with one attached hydrogen (secondary N) is 2. The smallest absolute Gasteiger partial charge is 0.409 e. The Labute approximate surface area is 718 Å². The number of aromatic nitrogens is 12. The zero-order chi connectivity index (χ0) is 86.8. The van der Waals surface area contributed by atoms with Crippen LogP contribution in [-0.2, 0) is 38.9 Å². The lowest BCUT2D eigenvalue weighted by Gasteiger charge is -2.37. The minimum atomic E-state index is -1.10. The summed E-state index contributed by atoms with van der Waals surface area (Å²) >= 11 is 0. The number of carbonyl (C=O) groups excluding carboxylic acids is 4. The number of hydrogen-bond acceptors (Lipinski definition) is 26. The summed E-state index contributed by atoms with van der Waals surface area (Å²) in [6.07, 6.45) is 6.13. The molecule has 0 unspecified atom stereocenters. The molecule has 8 heterocycles. The third-order valence-electron chi connectivity index (χ3n) is 23.8. The van der Waals surface area contributed by atoms with E-state index in [1.807, 2.05) is 132 Å². The van der Waals surface area contributed by atoms with Gasteiger partial charge >= 0.3 is 12.2 Å². The summed E-state index contributed by atoms with van der Waals surface area (Å²) in [5.74, 6) is 1.56. The van der Waals surface area contributed by atoms with Gasteiger partial charge in [-0.15, -0.1) is 0 Å². The van der Waals surface area contributed by atoms with Crippen molar-refractivity contribution in [1.82, 2.24) is 68.4 Å². The molecule has 33 heteroatoms. The molecule has 0 spiro atoms. The van der Waals surface area contributed by atoms with Gasteiger partial charge in [-0.3, -0.25) is 18.7 Å². The SMILES string of the molecule is CN(CCCC(=O)Nc1ncnc2c1ncn2[C@H]1C[C@@H](O)[C@@H](CO)O1)C(=O)OCC1c2ccccc2-c2ccccc21.COc1ccc(C(OC[C@H]2O[C@@H](n3cnc4c(NC(=O)CCCN(C)C(=O)OCC5c6ccccc6-c6ccccc65)ncnc43)C[C@H]2O)(c2ccccc2)c2ccc(OC)cc2)cc1.Nc1ncnc2c1ncn2[C@@H]1C[C@H](CO)[C@H](O)C1. The van der Waals surface area contributed by atoms with E-state index in [1.165, 1.54) is 46.2 Å². The molecule has 33 nitrogen and oxygen atoms in total. The van der Waals surface area contributed by atoms with Crippen molar-refractivity contribution in [3.8, 4) is 33.8 Å². The molecule has 9 atom stereocenters. The number of aliphatic hydroxyl groups excluding tert-OH is 5. The van der Waals surface area contributed by atoms with Crippen molar-refractivity contribution in [1.29, 1.82) is 0 Å². The minimum Gasteiger partial charge on any atom is -0.497 e. The van der Waals surface area contributed by atoms with Gasteiger partial charge in [-0.05, 0) is 111 Å². The van der Waals surface area contributed by atoms with Crippen LogP contribution >= 0.6 is 0 Å². The van der Waals surface area contributed by atoms with Gasteiger partial charge in [0.1, 0.15) is 79.5 Å². The number of amides is 4. The van der Waals surface area contributed by atoms with Crippen LogP contribution in [0.5, 0.6) is 11.5 Å². The van der Waals surface area contributed by atoms with E-state index >= 15 is 0 Å². The minimum absolute atomic E-state index is 0.00141. The van der Waals surface area contributed by atoms with Crippen molar-refractivity contribution in [2.45, 2.75) is 118 Å². The highest BCUT2D eigenvalue weighted by Crippen LogP contribution is 2.48. The molecule has 13 aromatic rings. The van der Waals surface area contributed by atoms with E-state index in [1.54, 1.807) is 50.1 Å². The second kappa shape index (κ2) is 38.3. The van der Waals surface area contributed by atoms with Gasteiger partial charge in [0.05, 0.1) is 64.7 Å². The first-order chi connectivity index (χ1) is 60.9. The number of nitrogen functional groups attached to an aromatic ring is 1. The summed E-state index contributed by atoms with van der Waals surface area (Å²) in [4.78, 5) is 93.0. The Morgan fingerprint density at radius 1 is 0.464 bits per heavy atom. The van der Waals surface area contributed by atoms with Crippen LogP contribution < -0.4 is 25.8 Å². The predicted octanol–water partition coefficient (Wildman–Crippen LogP) is 10.9. The molecule has 18 rings (SSSR count). The summed E-state index contributed by atoms with van der Waals surface area (Å²) in [6.45, 7) is 0.849. The van der Waals surface area contributed by atoms with Crippen LogP contribution in [0.1, 0.15) is 121 Å². The highest BCUT2D eigenvalue weighted by atomic mass is 16.6. The lowest BCUT2D eigenvalue weighted by Crippen LogP contribution is -2.38. The van der Waals surface area contributed by atoms with Crippen LogP contribution in [0.4, 0.5) is 27.0 Å². The number of carbonyl (C=O) groups is 4. The topological polar surface area (TPSA) is 421 Å². The Bertz CT molecular complexity index is 5820. The zero-order valence-electron chi connectivity index (χ0n) is 69.2. The molecular weight excluding hydrogens is 1600 g/mol. The first-order valence-electron chi connectivity index (χ1n) is 41.5. The molecule has 0 radical (unpaired) electrons. The van der Waals surface area contributed by atoms with Crippen LogP contribution in [0.3, 0.4) is 0 Å². The number of aliphatic hydroxyl groups is 5. The normalized spacial score (nSPS) is 19.3. The number of methoxy groups -OCH3 is 2. The maximum atomic E-state index is 13.2. The largest absolute Gasteiger partial charge is 0.497 e. The van der Waals surface area contributed by atoms with Crippen molar-refractivity contribution >= 4 is 74.9 Å². The maximum absolute atomic E-state index is 13.2. The fourth-order valence-electron chi connectivity index (χ4n) is 17.2. The fourth-order valence-corrected chi connectivity index (χ4v) is 17.2. The first-order valence-corrected chi connectivity index (χ1v) is 41.5. The van der Waals surface area contributed by atoms with Gasteiger partial charge in [-0.2, -0.15) is 0 Å². The third kappa shape index (κ3) is 18.0. The number of hydrogen-bond donors (Lipinski definition) is 8. The molecule has 6 aromatic heterocycles. The Kier molecular flexibility index (Phi) is 26.1. The summed E-state index contributed by atoms with van der Waals surface area (Å²) < 4.78 is 47.0. The monoisotopic (exact) mass is 1700 g/mol. The zero-order valence-corrected chi connectivity index (χ0v) is 69.2. The number of fused-ring (bicyclic) bond motifs is 9. The summed E-state index contributed by atoms with van der Waals surface area (Å²) in [7, 11) is 6.57. The predicted molar refractivity (Wildman–Crippen MR) is 461 cm³/mol. The van der Waals surface area contributed by atoms with E-state index in [2.05, 4.69) is 104 Å². The van der Waals surface area contributed by atoms with E-state index in [0.29, 0.717) is 89.6 Å². The standard InChI is InChI=1S/C51H50N6O8.C30H32N6O6.C11H15N5O2/c1-56(50(60)63-29-42-40-16-9-7-14-38(40)39-15-8-10-17-41(39)42)27-11-18-45(59)55-48-47-49(53-31-52-48)57(32-54-47)46-28-43(58)44(65-46)30-64-51(33-12-5-4-6-13-33,34-19-23-36(61-2)24-20-34)35-21-25-37(62-3)26-22-35;1-35(30(40)41-15-22-20-9-4-2-7-18(20)19-8-3-5-10-21(19)22)12-6-11-25(39)34-28-27-29(32-16-31-28)36(17-33-27)26-13-23(38)24(14-37)42-26;12-10-9-11(14-4-13-10)16(5-15-9)7-1-6(3-17)8(18)2-7/h4-10,12-17,19-26,31-32,42-44,46,58H,11,18,27-30H2,1-3H3,(H,52,53,55,59);2-5,7-10,16-17,22-24,26,37-38H,6,11-15H2,1H3,(H,31,32,34,39);4-8,17-18H,1-3H2,(H2,12,13,14)/t43-,44-,46-;23-,24-,26-;6-,7-,8-/m111/s1. The maximum Gasteiger partial charge on any atom is 0.409 e. The van der Waals surface area contributed by atoms with E-state index < -0.39 is 60.8 Å². The van der Waals surface area contributed by atoms with Gasteiger partial charge < -0.3 is 89.4 Å². The van der Waals surface area contributed by atoms with Crippen LogP contribution in [0.15, 0.2) is 214 Å². The van der Waals surface area contributed by atoms with Gasteiger partial charge in [0, 0.05) is 83.3 Å².